The molecule has 2 aliphatic rings. The van der Waals surface area contributed by atoms with Crippen molar-refractivity contribution in [2.75, 3.05) is 0 Å². The second-order valence-electron chi connectivity index (χ2n) is 6.23. The topological polar surface area (TPSA) is 119 Å². The largest absolute Gasteiger partial charge is 0.455 e. The lowest BCUT2D eigenvalue weighted by molar-refractivity contribution is 0.0907. The van der Waals surface area contributed by atoms with Crippen molar-refractivity contribution in [1.29, 1.82) is 0 Å². The number of carbonyl (C=O) groups is 1. The molecule has 0 saturated heterocycles. The molecule has 1 aromatic heterocycles. The molecule has 0 aromatic carbocycles. The Morgan fingerprint density at radius 3 is 2.65 bits per heavy atom. The number of nitrogens with zero attached hydrogens (tertiary/aromatic N) is 2. The molecule has 0 radical (unpaired) electrons. The van der Waals surface area contributed by atoms with Crippen LogP contribution >= 0.6 is 0 Å². The van der Waals surface area contributed by atoms with Gasteiger partial charge in [-0.2, -0.15) is 5.10 Å². The normalized spacial score (nSPS) is 19.6. The molecule has 0 aliphatic heterocycles. The van der Waals surface area contributed by atoms with Gasteiger partial charge in [-0.3, -0.25) is 4.79 Å². The Morgan fingerprint density at radius 1 is 1.22 bits per heavy atom. The minimum Gasteiger partial charge on any atom is -0.455 e. The molecule has 0 unspecified atom stereocenters. The lowest BCUT2D eigenvalue weighted by Crippen LogP contribution is -2.32. The first-order chi connectivity index (χ1) is 11.1. The van der Waals surface area contributed by atoms with E-state index in [0.29, 0.717) is 5.76 Å². The molecule has 23 heavy (non-hydrogen) atoms. The van der Waals surface area contributed by atoms with Crippen molar-refractivity contribution in [2.24, 2.45) is 21.7 Å². The molecule has 124 valence electrons. The second-order valence-corrected chi connectivity index (χ2v) is 6.23. The number of carbonyl (C=O) groups excluding carboxylic acids is 1. The zero-order valence-electron chi connectivity index (χ0n) is 13.4. The molecule has 2 aliphatic carbocycles. The molecule has 7 heteroatoms. The van der Waals surface area contributed by atoms with Crippen LogP contribution in [0.3, 0.4) is 0 Å². The molecule has 5 N–H and O–H groups in total. The molecule has 1 amide bonds. The van der Waals surface area contributed by atoms with Crippen molar-refractivity contribution in [2.45, 2.75) is 57.9 Å². The molecule has 1 fully saturated rings. The van der Waals surface area contributed by atoms with Crippen LogP contribution in [0, 0.1) is 6.92 Å². The van der Waals surface area contributed by atoms with Crippen molar-refractivity contribution >= 4 is 17.6 Å². The van der Waals surface area contributed by atoms with Gasteiger partial charge in [0.25, 0.3) is 5.91 Å². The van der Waals surface area contributed by atoms with Crippen LogP contribution in [0.25, 0.3) is 0 Å². The Balaban J connectivity index is 1.88. The molecular formula is C16H23N5O2. The maximum atomic E-state index is 12.5. The van der Waals surface area contributed by atoms with Crippen LogP contribution in [0.4, 0.5) is 0 Å². The van der Waals surface area contributed by atoms with E-state index in [1.54, 1.807) is 0 Å². The molecule has 0 bridgehead atoms. The zero-order valence-corrected chi connectivity index (χ0v) is 13.4. The molecule has 1 heterocycles. The molecule has 3 rings (SSSR count). The monoisotopic (exact) mass is 317 g/mol. The maximum Gasteiger partial charge on any atom is 0.287 e. The van der Waals surface area contributed by atoms with Crippen molar-refractivity contribution in [3.8, 4) is 0 Å². The van der Waals surface area contributed by atoms with E-state index < -0.39 is 0 Å². The van der Waals surface area contributed by atoms with E-state index in [9.17, 15) is 4.79 Å². The highest BCUT2D eigenvalue weighted by atomic mass is 16.4. The van der Waals surface area contributed by atoms with Crippen LogP contribution in [-0.4, -0.2) is 23.6 Å². The number of amides is 1. The van der Waals surface area contributed by atoms with Crippen LogP contribution in [0.2, 0.25) is 0 Å². The summed E-state index contributed by atoms with van der Waals surface area (Å²) in [6, 6.07) is 0.263. The number of nitrogens with one attached hydrogen (secondary N) is 1. The average molecular weight is 317 g/mol. The van der Waals surface area contributed by atoms with Gasteiger partial charge in [0.1, 0.15) is 5.76 Å². The number of furan rings is 1. The Hall–Kier alpha value is -2.31. The molecule has 1 aromatic rings. The summed E-state index contributed by atoms with van der Waals surface area (Å²) < 4.78 is 5.84. The number of fused-ring (bicyclic) bond motifs is 1. The van der Waals surface area contributed by atoms with Crippen LogP contribution in [0.1, 0.15) is 66.0 Å². The third-order valence-electron chi connectivity index (χ3n) is 4.51. The summed E-state index contributed by atoms with van der Waals surface area (Å²) in [4.78, 5) is 12.5. The molecule has 1 saturated carbocycles. The average Bonchev–Trinajstić information content (AvgIpc) is 3.13. The smallest absolute Gasteiger partial charge is 0.287 e. The summed E-state index contributed by atoms with van der Waals surface area (Å²) >= 11 is 0. The minimum absolute atomic E-state index is 0.0787. The van der Waals surface area contributed by atoms with E-state index in [1.165, 1.54) is 12.8 Å². The summed E-state index contributed by atoms with van der Waals surface area (Å²) in [5, 5.41) is 10.9. The summed E-state index contributed by atoms with van der Waals surface area (Å²) in [7, 11) is 0. The Kier molecular flexibility index (Phi) is 4.36. The summed E-state index contributed by atoms with van der Waals surface area (Å²) in [6.45, 7) is 1.89. The van der Waals surface area contributed by atoms with Crippen LogP contribution in [0.5, 0.6) is 0 Å². The van der Waals surface area contributed by atoms with Gasteiger partial charge in [0.2, 0.25) is 5.96 Å². The first-order valence-electron chi connectivity index (χ1n) is 8.15. The number of aryl methyl sites for hydroxylation is 1. The van der Waals surface area contributed by atoms with Crippen molar-refractivity contribution < 1.29 is 9.21 Å². The highest BCUT2D eigenvalue weighted by Crippen LogP contribution is 2.30. The zero-order chi connectivity index (χ0) is 16.4. The van der Waals surface area contributed by atoms with Gasteiger partial charge >= 0.3 is 0 Å². The first kappa shape index (κ1) is 15.6. The summed E-state index contributed by atoms with van der Waals surface area (Å²) in [5.41, 5.74) is 13.2. The van der Waals surface area contributed by atoms with E-state index >= 15 is 0 Å². The number of nitrogens with two attached hydrogens (primary N) is 2. The number of hydrogen-bond donors (Lipinski definition) is 3. The lowest BCUT2D eigenvalue weighted by Gasteiger charge is -2.12. The highest BCUT2D eigenvalue weighted by Gasteiger charge is 2.29. The van der Waals surface area contributed by atoms with Gasteiger partial charge in [-0.15, -0.1) is 5.10 Å². The standard InChI is InChI=1S/C16H23N5O2/c1-9-13-11(20-21-16(17)18)7-4-8-12(13)23-14(9)15(22)19-10-5-2-3-6-10/h10H,2-8H2,1H3,(H,19,22)(H4,17,18,21)/b20-11+. The van der Waals surface area contributed by atoms with Gasteiger partial charge in [0.05, 0.1) is 5.71 Å². The van der Waals surface area contributed by atoms with Gasteiger partial charge in [0, 0.05) is 23.6 Å². The van der Waals surface area contributed by atoms with Crippen molar-refractivity contribution in [3.63, 3.8) is 0 Å². The van der Waals surface area contributed by atoms with Crippen LogP contribution in [0.15, 0.2) is 14.6 Å². The van der Waals surface area contributed by atoms with Crippen molar-refractivity contribution in [1.82, 2.24) is 5.32 Å². The van der Waals surface area contributed by atoms with Crippen molar-refractivity contribution in [3.05, 3.63) is 22.6 Å². The third-order valence-corrected chi connectivity index (χ3v) is 4.51. The fourth-order valence-corrected chi connectivity index (χ4v) is 3.42. The summed E-state index contributed by atoms with van der Waals surface area (Å²) in [6.07, 6.45) is 6.91. The molecule has 0 spiro atoms. The number of rotatable bonds is 3. The predicted molar refractivity (Wildman–Crippen MR) is 88.5 cm³/mol. The van der Waals surface area contributed by atoms with Gasteiger partial charge < -0.3 is 21.2 Å². The van der Waals surface area contributed by atoms with Gasteiger partial charge in [-0.1, -0.05) is 12.8 Å². The van der Waals surface area contributed by atoms with Gasteiger partial charge in [-0.25, -0.2) is 0 Å². The Morgan fingerprint density at radius 2 is 1.96 bits per heavy atom. The first-order valence-corrected chi connectivity index (χ1v) is 8.15. The predicted octanol–water partition coefficient (Wildman–Crippen LogP) is 1.57. The van der Waals surface area contributed by atoms with Gasteiger partial charge in [0.15, 0.2) is 5.76 Å². The van der Waals surface area contributed by atoms with E-state index in [1.807, 2.05) is 6.92 Å². The maximum absolute atomic E-state index is 12.5. The van der Waals surface area contributed by atoms with E-state index in [2.05, 4.69) is 15.5 Å². The highest BCUT2D eigenvalue weighted by molar-refractivity contribution is 6.06. The SMILES string of the molecule is Cc1c(C(=O)NC2CCCC2)oc2c1/C(=N/N=C(N)N)CCC2. The van der Waals surface area contributed by atoms with Gasteiger partial charge in [-0.05, 0) is 32.6 Å². The quantitative estimate of drug-likeness (QED) is 0.445. The third kappa shape index (κ3) is 3.23. The molecule has 0 atom stereocenters. The summed E-state index contributed by atoms with van der Waals surface area (Å²) in [5.74, 6) is 0.978. The molecular weight excluding hydrogens is 294 g/mol. The number of guanidine groups is 1. The fourth-order valence-electron chi connectivity index (χ4n) is 3.42. The second kappa shape index (κ2) is 6.44. The number of hydrogen-bond acceptors (Lipinski definition) is 4. The Labute approximate surface area is 135 Å². The van der Waals surface area contributed by atoms with E-state index in [0.717, 1.165) is 54.7 Å². The minimum atomic E-state index is -0.134. The Bertz CT molecular complexity index is 664. The van der Waals surface area contributed by atoms with Crippen LogP contribution < -0.4 is 16.8 Å². The van der Waals surface area contributed by atoms with E-state index in [4.69, 9.17) is 15.9 Å². The van der Waals surface area contributed by atoms with Crippen LogP contribution in [-0.2, 0) is 6.42 Å². The van der Waals surface area contributed by atoms with E-state index in [-0.39, 0.29) is 17.9 Å². The fraction of sp³-hybridized carbons (Fsp3) is 0.562. The lowest BCUT2D eigenvalue weighted by atomic mass is 9.93. The molecule has 7 nitrogen and oxygen atoms in total.